The Bertz CT molecular complexity index is 1340. The van der Waals surface area contributed by atoms with Gasteiger partial charge < -0.3 is 0 Å². The Balaban J connectivity index is 1.63. The van der Waals surface area contributed by atoms with E-state index in [9.17, 15) is 4.79 Å². The third-order valence-electron chi connectivity index (χ3n) is 4.44. The molecule has 4 heterocycles. The molecule has 0 saturated carbocycles. The molecular formula is C19H14N6OS. The maximum Gasteiger partial charge on any atom is 0.259 e. The second-order valence-electron chi connectivity index (χ2n) is 6.20. The van der Waals surface area contributed by atoms with Gasteiger partial charge in [-0.3, -0.25) is 13.9 Å². The molecule has 8 heteroatoms. The molecule has 0 unspecified atom stereocenters. The van der Waals surface area contributed by atoms with Crippen LogP contribution in [0.1, 0.15) is 10.6 Å². The Labute approximate surface area is 157 Å². The number of hydrogen-bond acceptors (Lipinski definition) is 6. The van der Waals surface area contributed by atoms with Gasteiger partial charge in [-0.25, -0.2) is 15.0 Å². The molecule has 0 N–H and O–H groups in total. The molecular weight excluding hydrogens is 360 g/mol. The summed E-state index contributed by atoms with van der Waals surface area (Å²) in [6.07, 6.45) is 6.71. The highest BCUT2D eigenvalue weighted by molar-refractivity contribution is 7.17. The van der Waals surface area contributed by atoms with Gasteiger partial charge in [0.25, 0.3) is 5.56 Å². The minimum Gasteiger partial charge on any atom is -0.269 e. The fourth-order valence-corrected chi connectivity index (χ4v) is 4.28. The maximum atomic E-state index is 12.9. The number of thiazole rings is 1. The van der Waals surface area contributed by atoms with Crippen molar-refractivity contribution in [1.29, 1.82) is 0 Å². The van der Waals surface area contributed by atoms with E-state index < -0.39 is 0 Å². The lowest BCUT2D eigenvalue weighted by atomic mass is 10.2. The molecule has 0 aliphatic carbocycles. The Kier molecular flexibility index (Phi) is 3.58. The van der Waals surface area contributed by atoms with E-state index in [2.05, 4.69) is 15.1 Å². The fraction of sp³-hybridized carbons (Fsp3) is 0.105. The number of hydrogen-bond donors (Lipinski definition) is 0. The number of fused-ring (bicyclic) bond motifs is 2. The van der Waals surface area contributed by atoms with Gasteiger partial charge in [0, 0.05) is 34.3 Å². The van der Waals surface area contributed by atoms with E-state index in [4.69, 9.17) is 4.98 Å². The molecule has 0 fully saturated rings. The largest absolute Gasteiger partial charge is 0.269 e. The highest BCUT2D eigenvalue weighted by atomic mass is 32.1. The lowest BCUT2D eigenvalue weighted by Crippen LogP contribution is -2.16. The van der Waals surface area contributed by atoms with E-state index in [0.717, 1.165) is 27.0 Å². The zero-order valence-electron chi connectivity index (χ0n) is 14.4. The second kappa shape index (κ2) is 6.10. The monoisotopic (exact) mass is 374 g/mol. The molecule has 0 saturated heterocycles. The van der Waals surface area contributed by atoms with Gasteiger partial charge in [-0.05, 0) is 13.0 Å². The van der Waals surface area contributed by atoms with Crippen molar-refractivity contribution < 1.29 is 0 Å². The van der Waals surface area contributed by atoms with E-state index >= 15 is 0 Å². The van der Waals surface area contributed by atoms with Crippen LogP contribution in [0.3, 0.4) is 0 Å². The standard InChI is InChI=1S/C19H14N6OS/c1-12-18(14-7-20-11-21-8-14)25-17(26)6-15(23-19(25)27-12)10-24-16-5-3-2-4-13(16)9-22-24/h2-9,11H,10H2,1H3. The normalized spacial score (nSPS) is 11.4. The van der Waals surface area contributed by atoms with Crippen LogP contribution in [0.15, 0.2) is 60.0 Å². The Morgan fingerprint density at radius 2 is 1.93 bits per heavy atom. The molecule has 132 valence electrons. The van der Waals surface area contributed by atoms with E-state index in [1.165, 1.54) is 17.7 Å². The molecule has 0 aliphatic rings. The predicted molar refractivity (Wildman–Crippen MR) is 104 cm³/mol. The van der Waals surface area contributed by atoms with Crippen molar-refractivity contribution >= 4 is 27.2 Å². The van der Waals surface area contributed by atoms with Crippen molar-refractivity contribution in [3.8, 4) is 11.3 Å². The third kappa shape index (κ3) is 2.61. The quantitative estimate of drug-likeness (QED) is 0.485. The average Bonchev–Trinajstić information content (AvgIpc) is 3.23. The van der Waals surface area contributed by atoms with Crippen LogP contribution < -0.4 is 5.56 Å². The summed E-state index contributed by atoms with van der Waals surface area (Å²) in [7, 11) is 0. The lowest BCUT2D eigenvalue weighted by Gasteiger charge is -2.05. The molecule has 0 amide bonds. The van der Waals surface area contributed by atoms with Crippen LogP contribution >= 0.6 is 11.3 Å². The summed E-state index contributed by atoms with van der Waals surface area (Å²) in [5.74, 6) is 0. The first-order chi connectivity index (χ1) is 13.2. The first-order valence-corrected chi connectivity index (χ1v) is 9.20. The van der Waals surface area contributed by atoms with Crippen LogP contribution in [0.25, 0.3) is 27.1 Å². The number of para-hydroxylation sites is 1. The van der Waals surface area contributed by atoms with E-state index in [-0.39, 0.29) is 5.56 Å². The van der Waals surface area contributed by atoms with Crippen LogP contribution in [-0.4, -0.2) is 29.1 Å². The summed E-state index contributed by atoms with van der Waals surface area (Å²) in [4.78, 5) is 27.3. The topological polar surface area (TPSA) is 78.0 Å². The zero-order valence-corrected chi connectivity index (χ0v) is 15.2. The molecule has 1 aromatic carbocycles. The number of aryl methyl sites for hydroxylation is 1. The molecule has 0 atom stereocenters. The first kappa shape index (κ1) is 15.8. The van der Waals surface area contributed by atoms with Gasteiger partial charge in [-0.1, -0.05) is 18.2 Å². The smallest absolute Gasteiger partial charge is 0.259 e. The maximum absolute atomic E-state index is 12.9. The van der Waals surface area contributed by atoms with Gasteiger partial charge >= 0.3 is 0 Å². The van der Waals surface area contributed by atoms with Crippen molar-refractivity contribution in [1.82, 2.24) is 29.1 Å². The minimum atomic E-state index is -0.116. The molecule has 5 aromatic rings. The van der Waals surface area contributed by atoms with Gasteiger partial charge in [0.15, 0.2) is 4.96 Å². The summed E-state index contributed by atoms with van der Waals surface area (Å²) in [6, 6.07) is 9.55. The molecule has 4 aromatic heterocycles. The number of rotatable bonds is 3. The molecule has 27 heavy (non-hydrogen) atoms. The highest BCUT2D eigenvalue weighted by Crippen LogP contribution is 2.28. The van der Waals surface area contributed by atoms with Crippen molar-refractivity contribution in [2.24, 2.45) is 0 Å². The SMILES string of the molecule is Cc1sc2nc(Cn3ncc4ccccc43)cc(=O)n2c1-c1cncnc1. The van der Waals surface area contributed by atoms with Gasteiger partial charge in [0.1, 0.15) is 6.33 Å². The van der Waals surface area contributed by atoms with Crippen LogP contribution in [0.2, 0.25) is 0 Å². The van der Waals surface area contributed by atoms with E-state index in [1.807, 2.05) is 42.1 Å². The van der Waals surface area contributed by atoms with Gasteiger partial charge in [-0.2, -0.15) is 5.10 Å². The van der Waals surface area contributed by atoms with E-state index in [1.54, 1.807) is 22.9 Å². The van der Waals surface area contributed by atoms with Gasteiger partial charge in [0.05, 0.1) is 29.6 Å². The Hall–Kier alpha value is -3.39. The number of aromatic nitrogens is 6. The summed E-state index contributed by atoms with van der Waals surface area (Å²) in [5, 5.41) is 5.49. The average molecular weight is 374 g/mol. The molecule has 0 aliphatic heterocycles. The summed E-state index contributed by atoms with van der Waals surface area (Å²) in [5.41, 5.74) is 3.18. The van der Waals surface area contributed by atoms with Crippen molar-refractivity contribution in [2.75, 3.05) is 0 Å². The summed E-state index contributed by atoms with van der Waals surface area (Å²) >= 11 is 1.48. The number of benzene rings is 1. The first-order valence-electron chi connectivity index (χ1n) is 8.39. The highest BCUT2D eigenvalue weighted by Gasteiger charge is 2.15. The molecule has 0 bridgehead atoms. The summed E-state index contributed by atoms with van der Waals surface area (Å²) < 4.78 is 3.49. The fourth-order valence-electron chi connectivity index (χ4n) is 3.26. The molecule has 0 radical (unpaired) electrons. The van der Waals surface area contributed by atoms with Gasteiger partial charge in [0.2, 0.25) is 0 Å². The van der Waals surface area contributed by atoms with Crippen molar-refractivity contribution in [2.45, 2.75) is 13.5 Å². The van der Waals surface area contributed by atoms with Crippen molar-refractivity contribution in [3.05, 3.63) is 76.2 Å². The Morgan fingerprint density at radius 3 is 2.78 bits per heavy atom. The predicted octanol–water partition coefficient (Wildman–Crippen LogP) is 2.92. The van der Waals surface area contributed by atoms with Crippen molar-refractivity contribution in [3.63, 3.8) is 0 Å². The Morgan fingerprint density at radius 1 is 1.11 bits per heavy atom. The lowest BCUT2D eigenvalue weighted by molar-refractivity contribution is 0.695. The molecule has 0 spiro atoms. The second-order valence-corrected chi connectivity index (χ2v) is 7.38. The zero-order chi connectivity index (χ0) is 18.4. The van der Waals surface area contributed by atoms with Crippen LogP contribution in [0, 0.1) is 6.92 Å². The number of nitrogens with zero attached hydrogens (tertiary/aromatic N) is 6. The molecule has 5 rings (SSSR count). The summed E-state index contributed by atoms with van der Waals surface area (Å²) in [6.45, 7) is 2.42. The van der Waals surface area contributed by atoms with Crippen LogP contribution in [0.5, 0.6) is 0 Å². The molecule has 7 nitrogen and oxygen atoms in total. The van der Waals surface area contributed by atoms with Crippen LogP contribution in [0.4, 0.5) is 0 Å². The van der Waals surface area contributed by atoms with Gasteiger partial charge in [-0.15, -0.1) is 11.3 Å². The van der Waals surface area contributed by atoms with Crippen LogP contribution in [-0.2, 0) is 6.54 Å². The van der Waals surface area contributed by atoms with E-state index in [0.29, 0.717) is 17.2 Å². The minimum absolute atomic E-state index is 0.116. The third-order valence-corrected chi connectivity index (χ3v) is 5.40.